The van der Waals surface area contributed by atoms with E-state index >= 15 is 0 Å². The van der Waals surface area contributed by atoms with Gasteiger partial charge in [-0.2, -0.15) is 0 Å². The topological polar surface area (TPSA) is 30.2 Å². The molecular weight excluding hydrogens is 284 g/mol. The Morgan fingerprint density at radius 3 is 2.04 bits per heavy atom. The van der Waals surface area contributed by atoms with Crippen molar-refractivity contribution in [3.05, 3.63) is 72.0 Å². The Hall–Kier alpha value is -2.61. The van der Waals surface area contributed by atoms with Crippen LogP contribution in [0, 0.1) is 6.92 Å². The van der Waals surface area contributed by atoms with Gasteiger partial charge in [-0.15, -0.1) is 0 Å². The van der Waals surface area contributed by atoms with Gasteiger partial charge in [0.15, 0.2) is 11.5 Å². The first-order valence-electron chi connectivity index (χ1n) is 7.99. The van der Waals surface area contributed by atoms with E-state index in [1.807, 2.05) is 62.4 Å². The van der Waals surface area contributed by atoms with Crippen LogP contribution in [0.25, 0.3) is 22.5 Å². The highest BCUT2D eigenvalue weighted by Gasteiger charge is 2.23. The lowest BCUT2D eigenvalue weighted by atomic mass is 9.97. The summed E-state index contributed by atoms with van der Waals surface area (Å²) in [5.41, 5.74) is 4.00. The van der Waals surface area contributed by atoms with Crippen molar-refractivity contribution in [1.82, 2.24) is 0 Å². The van der Waals surface area contributed by atoms with Crippen LogP contribution in [0.15, 0.2) is 65.1 Å². The molecule has 0 radical (unpaired) electrons. The lowest BCUT2D eigenvalue weighted by molar-refractivity contribution is 0.0955. The molecule has 116 valence electrons. The third-order valence-electron chi connectivity index (χ3n) is 3.98. The number of carbonyl (C=O) groups is 1. The van der Waals surface area contributed by atoms with Gasteiger partial charge in [-0.1, -0.05) is 67.6 Å². The van der Waals surface area contributed by atoms with Crippen LogP contribution in [0.4, 0.5) is 0 Å². The molecule has 0 spiro atoms. The fourth-order valence-electron chi connectivity index (χ4n) is 2.87. The fourth-order valence-corrected chi connectivity index (χ4v) is 2.87. The zero-order valence-corrected chi connectivity index (χ0v) is 13.5. The minimum atomic E-state index is 0.0735. The van der Waals surface area contributed by atoms with Gasteiger partial charge in [0.2, 0.25) is 0 Å². The molecule has 0 fully saturated rings. The maximum Gasteiger partial charge on any atom is 0.198 e. The van der Waals surface area contributed by atoms with Gasteiger partial charge in [0.05, 0.1) is 0 Å². The molecule has 1 aromatic heterocycles. The van der Waals surface area contributed by atoms with Crippen LogP contribution in [-0.4, -0.2) is 5.78 Å². The van der Waals surface area contributed by atoms with Crippen molar-refractivity contribution in [3.63, 3.8) is 0 Å². The molecule has 2 heteroatoms. The van der Waals surface area contributed by atoms with E-state index in [-0.39, 0.29) is 5.78 Å². The summed E-state index contributed by atoms with van der Waals surface area (Å²) in [6, 6.07) is 20.1. The van der Waals surface area contributed by atoms with Crippen LogP contribution in [-0.2, 0) is 0 Å². The van der Waals surface area contributed by atoms with Gasteiger partial charge in [0.1, 0.15) is 5.76 Å². The molecule has 0 saturated carbocycles. The third kappa shape index (κ3) is 2.98. The summed E-state index contributed by atoms with van der Waals surface area (Å²) in [7, 11) is 0. The molecule has 3 aromatic rings. The second-order valence-corrected chi connectivity index (χ2v) is 5.67. The Morgan fingerprint density at radius 2 is 1.48 bits per heavy atom. The van der Waals surface area contributed by atoms with E-state index in [0.717, 1.165) is 34.4 Å². The van der Waals surface area contributed by atoms with Crippen LogP contribution in [0.3, 0.4) is 0 Å². The maximum absolute atomic E-state index is 12.4. The number of rotatable bonds is 5. The molecule has 2 nitrogen and oxygen atoms in total. The normalized spacial score (nSPS) is 10.7. The Balaban J connectivity index is 2.21. The predicted octanol–water partition coefficient (Wildman–Crippen LogP) is 5.90. The number of carbonyl (C=O) groups excluding carboxylic acids is 1. The molecule has 0 aliphatic carbocycles. The Morgan fingerprint density at radius 1 is 0.913 bits per heavy atom. The lowest BCUT2D eigenvalue weighted by Gasteiger charge is -2.04. The van der Waals surface area contributed by atoms with E-state index in [9.17, 15) is 4.79 Å². The van der Waals surface area contributed by atoms with Crippen LogP contribution in [0.1, 0.15) is 35.9 Å². The first-order chi connectivity index (χ1) is 11.2. The van der Waals surface area contributed by atoms with Crippen molar-refractivity contribution in [2.45, 2.75) is 26.7 Å². The molecule has 2 aromatic carbocycles. The summed E-state index contributed by atoms with van der Waals surface area (Å²) in [5.74, 6) is 1.34. The standard InChI is InChI=1S/C21H20O2/c1-3-10-18(22)20-15(2)19(16-11-6-4-7-12-16)21(23-20)17-13-8-5-9-14-17/h4-9,11-14H,3,10H2,1-2H3. The SMILES string of the molecule is CCCC(=O)c1oc(-c2ccccc2)c(-c2ccccc2)c1C. The largest absolute Gasteiger partial charge is 0.452 e. The van der Waals surface area contributed by atoms with E-state index < -0.39 is 0 Å². The molecule has 23 heavy (non-hydrogen) atoms. The van der Waals surface area contributed by atoms with Crippen molar-refractivity contribution in [2.24, 2.45) is 0 Å². The summed E-state index contributed by atoms with van der Waals surface area (Å²) in [5, 5.41) is 0. The summed E-state index contributed by atoms with van der Waals surface area (Å²) in [4.78, 5) is 12.4. The first-order valence-corrected chi connectivity index (χ1v) is 7.99. The molecular formula is C21H20O2. The average molecular weight is 304 g/mol. The second kappa shape index (κ2) is 6.66. The van der Waals surface area contributed by atoms with Gasteiger partial charge in [-0.3, -0.25) is 4.79 Å². The fraction of sp³-hybridized carbons (Fsp3) is 0.190. The van der Waals surface area contributed by atoms with Gasteiger partial charge in [0, 0.05) is 23.1 Å². The van der Waals surface area contributed by atoms with Crippen molar-refractivity contribution < 1.29 is 9.21 Å². The van der Waals surface area contributed by atoms with Crippen LogP contribution in [0.2, 0.25) is 0 Å². The molecule has 0 N–H and O–H groups in total. The highest BCUT2D eigenvalue weighted by atomic mass is 16.3. The molecule has 0 amide bonds. The summed E-state index contributed by atoms with van der Waals surface area (Å²) in [6.07, 6.45) is 1.33. The van der Waals surface area contributed by atoms with Crippen molar-refractivity contribution in [1.29, 1.82) is 0 Å². The number of benzene rings is 2. The summed E-state index contributed by atoms with van der Waals surface area (Å²) >= 11 is 0. The highest BCUT2D eigenvalue weighted by Crippen LogP contribution is 2.39. The summed E-state index contributed by atoms with van der Waals surface area (Å²) in [6.45, 7) is 3.98. The highest BCUT2D eigenvalue weighted by molar-refractivity contribution is 5.99. The summed E-state index contributed by atoms with van der Waals surface area (Å²) < 4.78 is 6.05. The van der Waals surface area contributed by atoms with Crippen molar-refractivity contribution in [3.8, 4) is 22.5 Å². The van der Waals surface area contributed by atoms with E-state index in [1.54, 1.807) is 0 Å². The number of ketones is 1. The smallest absolute Gasteiger partial charge is 0.198 e. The van der Waals surface area contributed by atoms with Gasteiger partial charge in [-0.05, 0) is 18.9 Å². The first kappa shape index (κ1) is 15.3. The van der Waals surface area contributed by atoms with Gasteiger partial charge in [0.25, 0.3) is 0 Å². The molecule has 0 unspecified atom stereocenters. The minimum Gasteiger partial charge on any atom is -0.452 e. The van der Waals surface area contributed by atoms with Crippen LogP contribution in [0.5, 0.6) is 0 Å². The minimum absolute atomic E-state index is 0.0735. The Kier molecular flexibility index (Phi) is 4.42. The van der Waals surface area contributed by atoms with Crippen molar-refractivity contribution >= 4 is 5.78 Å². The zero-order valence-electron chi connectivity index (χ0n) is 13.5. The second-order valence-electron chi connectivity index (χ2n) is 5.67. The number of furan rings is 1. The molecule has 0 bridgehead atoms. The van der Waals surface area contributed by atoms with E-state index in [4.69, 9.17) is 4.42 Å². The monoisotopic (exact) mass is 304 g/mol. The van der Waals surface area contributed by atoms with Gasteiger partial charge in [-0.25, -0.2) is 0 Å². The van der Waals surface area contributed by atoms with E-state index in [1.165, 1.54) is 0 Å². The average Bonchev–Trinajstić information content (AvgIpc) is 2.94. The Bertz CT molecular complexity index is 799. The molecule has 0 aliphatic rings. The number of hydrogen-bond donors (Lipinski definition) is 0. The van der Waals surface area contributed by atoms with Gasteiger partial charge < -0.3 is 4.42 Å². The molecule has 0 saturated heterocycles. The number of Topliss-reactive ketones (excluding diaryl/α,β-unsaturated/α-hetero) is 1. The molecule has 0 aliphatic heterocycles. The predicted molar refractivity (Wildman–Crippen MR) is 93.6 cm³/mol. The maximum atomic E-state index is 12.4. The van der Waals surface area contributed by atoms with Gasteiger partial charge >= 0.3 is 0 Å². The lowest BCUT2D eigenvalue weighted by Crippen LogP contribution is -1.98. The molecule has 0 atom stereocenters. The van der Waals surface area contributed by atoms with E-state index in [0.29, 0.717) is 12.2 Å². The number of hydrogen-bond acceptors (Lipinski definition) is 2. The zero-order chi connectivity index (χ0) is 16.2. The third-order valence-corrected chi connectivity index (χ3v) is 3.98. The molecule has 1 heterocycles. The Labute approximate surface area is 136 Å². The van der Waals surface area contributed by atoms with Crippen LogP contribution < -0.4 is 0 Å². The molecule has 3 rings (SSSR count). The quantitative estimate of drug-likeness (QED) is 0.549. The van der Waals surface area contributed by atoms with Crippen molar-refractivity contribution in [2.75, 3.05) is 0 Å². The van der Waals surface area contributed by atoms with Crippen LogP contribution >= 0.6 is 0 Å². The van der Waals surface area contributed by atoms with E-state index in [2.05, 4.69) is 12.1 Å².